The molecule has 4 N–H and O–H groups in total. The molecular formula is C12H18N2O3. The third-order valence-corrected chi connectivity index (χ3v) is 2.43. The Morgan fingerprint density at radius 1 is 1.59 bits per heavy atom. The fourth-order valence-electron chi connectivity index (χ4n) is 1.45. The number of aromatic hydroxyl groups is 1. The van der Waals surface area contributed by atoms with Gasteiger partial charge in [0.25, 0.3) is 5.91 Å². The van der Waals surface area contributed by atoms with Crippen LogP contribution in [0.3, 0.4) is 0 Å². The highest BCUT2D eigenvalue weighted by Crippen LogP contribution is 2.23. The molecule has 0 aliphatic rings. The molecular weight excluding hydrogens is 220 g/mol. The van der Waals surface area contributed by atoms with E-state index in [-0.39, 0.29) is 23.3 Å². The number of amides is 1. The lowest BCUT2D eigenvalue weighted by molar-refractivity contribution is 0.0936. The highest BCUT2D eigenvalue weighted by molar-refractivity contribution is 5.97. The van der Waals surface area contributed by atoms with Gasteiger partial charge in [0.1, 0.15) is 11.5 Å². The van der Waals surface area contributed by atoms with E-state index in [4.69, 9.17) is 10.5 Å². The maximum absolute atomic E-state index is 11.8. The lowest BCUT2D eigenvalue weighted by Gasteiger charge is -2.13. The van der Waals surface area contributed by atoms with E-state index in [1.807, 2.05) is 6.92 Å². The summed E-state index contributed by atoms with van der Waals surface area (Å²) in [4.78, 5) is 11.8. The minimum atomic E-state index is -0.314. The van der Waals surface area contributed by atoms with Crippen LogP contribution in [0.1, 0.15) is 23.7 Å². The first-order chi connectivity index (χ1) is 8.08. The molecule has 1 atom stereocenters. The van der Waals surface area contributed by atoms with Gasteiger partial charge in [-0.2, -0.15) is 0 Å². The second kappa shape index (κ2) is 6.10. The standard InChI is InChI=1S/C12H18N2O3/c1-8(5-6-13)14-12(16)10-4-3-9(17-2)7-11(10)15/h3-4,7-8,15H,5-6,13H2,1-2H3,(H,14,16). The first-order valence-electron chi connectivity index (χ1n) is 5.46. The number of nitrogens with one attached hydrogen (secondary N) is 1. The average Bonchev–Trinajstić information content (AvgIpc) is 2.28. The summed E-state index contributed by atoms with van der Waals surface area (Å²) in [5.74, 6) is 0.0990. The van der Waals surface area contributed by atoms with E-state index in [1.165, 1.54) is 19.2 Å². The van der Waals surface area contributed by atoms with Crippen LogP contribution in [0.5, 0.6) is 11.5 Å². The molecule has 0 aromatic heterocycles. The van der Waals surface area contributed by atoms with Crippen molar-refractivity contribution in [2.45, 2.75) is 19.4 Å². The van der Waals surface area contributed by atoms with Gasteiger partial charge in [-0.05, 0) is 32.0 Å². The quantitative estimate of drug-likeness (QED) is 0.710. The van der Waals surface area contributed by atoms with E-state index < -0.39 is 0 Å². The van der Waals surface area contributed by atoms with Crippen molar-refractivity contribution in [1.82, 2.24) is 5.32 Å². The Kier molecular flexibility index (Phi) is 4.78. The maximum atomic E-state index is 11.8. The molecule has 1 rings (SSSR count). The van der Waals surface area contributed by atoms with E-state index in [0.717, 1.165) is 0 Å². The summed E-state index contributed by atoms with van der Waals surface area (Å²) in [5, 5.41) is 12.4. The first-order valence-corrected chi connectivity index (χ1v) is 5.46. The Labute approximate surface area is 101 Å². The Bertz CT molecular complexity index is 393. The van der Waals surface area contributed by atoms with Crippen molar-refractivity contribution in [1.29, 1.82) is 0 Å². The summed E-state index contributed by atoms with van der Waals surface area (Å²) >= 11 is 0. The molecule has 0 aliphatic heterocycles. The van der Waals surface area contributed by atoms with E-state index in [0.29, 0.717) is 18.7 Å². The highest BCUT2D eigenvalue weighted by atomic mass is 16.5. The number of benzene rings is 1. The number of hydrogen-bond acceptors (Lipinski definition) is 4. The van der Waals surface area contributed by atoms with Gasteiger partial charge in [0.15, 0.2) is 0 Å². The number of nitrogens with two attached hydrogens (primary N) is 1. The molecule has 0 spiro atoms. The summed E-state index contributed by atoms with van der Waals surface area (Å²) in [7, 11) is 1.50. The van der Waals surface area contributed by atoms with Gasteiger partial charge in [-0.3, -0.25) is 4.79 Å². The zero-order valence-electron chi connectivity index (χ0n) is 10.1. The number of phenols is 1. The molecule has 5 heteroatoms. The Hall–Kier alpha value is -1.75. The normalized spacial score (nSPS) is 11.9. The fourth-order valence-corrected chi connectivity index (χ4v) is 1.45. The zero-order valence-corrected chi connectivity index (χ0v) is 10.1. The van der Waals surface area contributed by atoms with Crippen molar-refractivity contribution in [2.24, 2.45) is 5.73 Å². The summed E-state index contributed by atoms with van der Waals surface area (Å²) < 4.78 is 4.94. The number of carbonyl (C=O) groups is 1. The van der Waals surface area contributed by atoms with Gasteiger partial charge in [0, 0.05) is 12.1 Å². The minimum Gasteiger partial charge on any atom is -0.507 e. The maximum Gasteiger partial charge on any atom is 0.255 e. The van der Waals surface area contributed by atoms with Gasteiger partial charge in [-0.25, -0.2) is 0 Å². The second-order valence-electron chi connectivity index (χ2n) is 3.83. The summed E-state index contributed by atoms with van der Waals surface area (Å²) in [6.07, 6.45) is 0.697. The highest BCUT2D eigenvalue weighted by Gasteiger charge is 2.13. The van der Waals surface area contributed by atoms with Crippen LogP contribution in [0.15, 0.2) is 18.2 Å². The molecule has 0 heterocycles. The SMILES string of the molecule is COc1ccc(C(=O)NC(C)CCN)c(O)c1. The minimum absolute atomic E-state index is 0.0194. The molecule has 1 amide bonds. The lowest BCUT2D eigenvalue weighted by Crippen LogP contribution is -2.34. The van der Waals surface area contributed by atoms with Crippen LogP contribution >= 0.6 is 0 Å². The first kappa shape index (κ1) is 13.3. The molecule has 0 fully saturated rings. The molecule has 17 heavy (non-hydrogen) atoms. The van der Waals surface area contributed by atoms with Crippen LogP contribution in [0.25, 0.3) is 0 Å². The van der Waals surface area contributed by atoms with Gasteiger partial charge >= 0.3 is 0 Å². The smallest absolute Gasteiger partial charge is 0.255 e. The molecule has 0 radical (unpaired) electrons. The topological polar surface area (TPSA) is 84.6 Å². The molecule has 1 aromatic rings. The summed E-state index contributed by atoms with van der Waals surface area (Å²) in [6, 6.07) is 4.54. The van der Waals surface area contributed by atoms with Crippen LogP contribution in [-0.2, 0) is 0 Å². The monoisotopic (exact) mass is 238 g/mol. The fraction of sp³-hybridized carbons (Fsp3) is 0.417. The predicted octanol–water partition coefficient (Wildman–Crippen LogP) is 0.868. The molecule has 0 bridgehead atoms. The predicted molar refractivity (Wildman–Crippen MR) is 65.3 cm³/mol. The Morgan fingerprint density at radius 2 is 2.29 bits per heavy atom. The number of ether oxygens (including phenoxy) is 1. The molecule has 1 aromatic carbocycles. The van der Waals surface area contributed by atoms with Gasteiger partial charge in [0.05, 0.1) is 12.7 Å². The van der Waals surface area contributed by atoms with Crippen LogP contribution < -0.4 is 15.8 Å². The average molecular weight is 238 g/mol. The van der Waals surface area contributed by atoms with Crippen LogP contribution in [0.4, 0.5) is 0 Å². The molecule has 0 saturated carbocycles. The van der Waals surface area contributed by atoms with Crippen molar-refractivity contribution >= 4 is 5.91 Å². The second-order valence-corrected chi connectivity index (χ2v) is 3.83. The Morgan fingerprint density at radius 3 is 2.82 bits per heavy atom. The van der Waals surface area contributed by atoms with Gasteiger partial charge in [-0.1, -0.05) is 0 Å². The van der Waals surface area contributed by atoms with Crippen molar-refractivity contribution in [3.8, 4) is 11.5 Å². The number of phenolic OH excluding ortho intramolecular Hbond substituents is 1. The van der Waals surface area contributed by atoms with Crippen molar-refractivity contribution in [3.05, 3.63) is 23.8 Å². The van der Waals surface area contributed by atoms with Crippen LogP contribution in [0, 0.1) is 0 Å². The van der Waals surface area contributed by atoms with Crippen molar-refractivity contribution < 1.29 is 14.6 Å². The number of methoxy groups -OCH3 is 1. The number of hydrogen-bond donors (Lipinski definition) is 3. The molecule has 0 saturated heterocycles. The third kappa shape index (κ3) is 3.64. The largest absolute Gasteiger partial charge is 0.507 e. The Balaban J connectivity index is 2.75. The molecule has 94 valence electrons. The van der Waals surface area contributed by atoms with Gasteiger partial charge in [-0.15, -0.1) is 0 Å². The zero-order chi connectivity index (χ0) is 12.8. The van der Waals surface area contributed by atoms with E-state index in [9.17, 15) is 9.90 Å². The lowest BCUT2D eigenvalue weighted by atomic mass is 10.1. The van der Waals surface area contributed by atoms with Crippen molar-refractivity contribution in [2.75, 3.05) is 13.7 Å². The van der Waals surface area contributed by atoms with E-state index in [2.05, 4.69) is 5.32 Å². The number of carbonyl (C=O) groups excluding carboxylic acids is 1. The summed E-state index contributed by atoms with van der Waals surface area (Å²) in [5.41, 5.74) is 5.63. The van der Waals surface area contributed by atoms with Crippen LogP contribution in [-0.4, -0.2) is 30.7 Å². The van der Waals surface area contributed by atoms with E-state index in [1.54, 1.807) is 6.07 Å². The van der Waals surface area contributed by atoms with Gasteiger partial charge < -0.3 is 20.9 Å². The summed E-state index contributed by atoms with van der Waals surface area (Å²) in [6.45, 7) is 2.38. The molecule has 0 aliphatic carbocycles. The molecule has 1 unspecified atom stereocenters. The number of rotatable bonds is 5. The van der Waals surface area contributed by atoms with Crippen molar-refractivity contribution in [3.63, 3.8) is 0 Å². The van der Waals surface area contributed by atoms with Gasteiger partial charge in [0.2, 0.25) is 0 Å². The van der Waals surface area contributed by atoms with E-state index >= 15 is 0 Å². The molecule has 5 nitrogen and oxygen atoms in total. The van der Waals surface area contributed by atoms with Crippen LogP contribution in [0.2, 0.25) is 0 Å². The third-order valence-electron chi connectivity index (χ3n) is 2.43.